The maximum absolute atomic E-state index is 11.8. The van der Waals surface area contributed by atoms with E-state index in [2.05, 4.69) is 31.0 Å². The molecule has 1 rings (SSSR count). The lowest BCUT2D eigenvalue weighted by atomic mass is 10.5. The van der Waals surface area contributed by atoms with Crippen molar-refractivity contribution in [1.82, 2.24) is 19.7 Å². The van der Waals surface area contributed by atoms with Gasteiger partial charge >= 0.3 is 0 Å². The molecule has 0 aromatic carbocycles. The number of hydrogen-bond donors (Lipinski definition) is 2. The Morgan fingerprint density at radius 2 is 2.25 bits per heavy atom. The van der Waals surface area contributed by atoms with Gasteiger partial charge in [-0.05, 0) is 15.9 Å². The summed E-state index contributed by atoms with van der Waals surface area (Å²) < 4.78 is 27.3. The number of aromatic nitrogens is 3. The monoisotopic (exact) mass is 309 g/mol. The molecule has 0 saturated heterocycles. The molecule has 0 spiro atoms. The third-order valence-corrected chi connectivity index (χ3v) is 4.00. The molecule has 1 aromatic heterocycles. The molecule has 0 bridgehead atoms. The molecule has 0 aliphatic rings. The Hall–Kier alpha value is -0.770. The van der Waals surface area contributed by atoms with E-state index in [1.54, 1.807) is 12.2 Å². The first-order chi connectivity index (χ1) is 7.49. The summed E-state index contributed by atoms with van der Waals surface area (Å²) in [7, 11) is -2.11. The molecule has 0 aliphatic carbocycles. The molecular weight excluding hydrogens is 298 g/mol. The summed E-state index contributed by atoms with van der Waals surface area (Å²) in [4.78, 5) is 0. The van der Waals surface area contributed by atoms with E-state index in [0.29, 0.717) is 6.54 Å². The van der Waals surface area contributed by atoms with Crippen LogP contribution in [-0.2, 0) is 17.1 Å². The number of sulfonamides is 1. The smallest absolute Gasteiger partial charge is 0.260 e. The Balaban J connectivity index is 2.83. The Bertz CT molecular complexity index is 461. The van der Waals surface area contributed by atoms with Gasteiger partial charge in [-0.3, -0.25) is 0 Å². The van der Waals surface area contributed by atoms with Crippen LogP contribution in [0.1, 0.15) is 0 Å². The first-order valence-electron chi connectivity index (χ1n) is 4.39. The van der Waals surface area contributed by atoms with Crippen LogP contribution in [0, 0.1) is 0 Å². The van der Waals surface area contributed by atoms with Crippen molar-refractivity contribution < 1.29 is 8.42 Å². The van der Waals surface area contributed by atoms with Crippen molar-refractivity contribution in [3.63, 3.8) is 0 Å². The number of nitrogens with one attached hydrogen (secondary N) is 1. The van der Waals surface area contributed by atoms with Gasteiger partial charge < -0.3 is 5.73 Å². The van der Waals surface area contributed by atoms with E-state index >= 15 is 0 Å². The van der Waals surface area contributed by atoms with Crippen LogP contribution in [-0.4, -0.2) is 36.5 Å². The molecule has 9 heteroatoms. The van der Waals surface area contributed by atoms with E-state index in [-0.39, 0.29) is 16.2 Å². The molecule has 90 valence electrons. The minimum atomic E-state index is -3.61. The Morgan fingerprint density at radius 3 is 2.75 bits per heavy atom. The van der Waals surface area contributed by atoms with Gasteiger partial charge in [0.05, 0.1) is 0 Å². The van der Waals surface area contributed by atoms with Gasteiger partial charge in [-0.1, -0.05) is 17.4 Å². The maximum atomic E-state index is 11.8. The number of nitrogens with two attached hydrogens (primary N) is 1. The zero-order valence-corrected chi connectivity index (χ0v) is 11.0. The fourth-order valence-corrected chi connectivity index (χ4v) is 3.08. The highest BCUT2D eigenvalue weighted by Gasteiger charge is 2.22. The highest BCUT2D eigenvalue weighted by Crippen LogP contribution is 2.17. The first kappa shape index (κ1) is 13.3. The number of aryl methyl sites for hydroxylation is 1. The summed E-state index contributed by atoms with van der Waals surface area (Å²) in [6.07, 6.45) is 3.30. The molecule has 0 unspecified atom stereocenters. The van der Waals surface area contributed by atoms with E-state index in [4.69, 9.17) is 5.73 Å². The summed E-state index contributed by atoms with van der Waals surface area (Å²) in [5, 5.41) is 7.18. The van der Waals surface area contributed by atoms with Crippen LogP contribution in [0.3, 0.4) is 0 Å². The number of rotatable bonds is 5. The second kappa shape index (κ2) is 5.53. The number of hydrogen-bond acceptors (Lipinski definition) is 5. The molecule has 0 fully saturated rings. The second-order valence-corrected chi connectivity index (χ2v) is 5.30. The average molecular weight is 310 g/mol. The Kier molecular flexibility index (Phi) is 4.59. The van der Waals surface area contributed by atoms with Crippen molar-refractivity contribution in [2.75, 3.05) is 13.1 Å². The van der Waals surface area contributed by atoms with Crippen LogP contribution in [0.2, 0.25) is 0 Å². The van der Waals surface area contributed by atoms with Crippen LogP contribution >= 0.6 is 15.9 Å². The summed E-state index contributed by atoms with van der Waals surface area (Å²) in [6.45, 7) is 0.551. The van der Waals surface area contributed by atoms with E-state index in [0.717, 1.165) is 0 Å². The maximum Gasteiger partial charge on any atom is 0.260 e. The minimum Gasteiger partial charge on any atom is -0.327 e. The predicted octanol–water partition coefficient (Wildman–Crippen LogP) is -0.629. The summed E-state index contributed by atoms with van der Waals surface area (Å²) in [5.74, 6) is 0. The highest BCUT2D eigenvalue weighted by atomic mass is 79.9. The van der Waals surface area contributed by atoms with Gasteiger partial charge in [0.15, 0.2) is 4.60 Å². The van der Waals surface area contributed by atoms with Gasteiger partial charge in [-0.2, -0.15) is 0 Å². The number of nitrogens with zero attached hydrogens (tertiary/aromatic N) is 3. The zero-order chi connectivity index (χ0) is 12.2. The fraction of sp³-hybridized carbons (Fsp3) is 0.429. The van der Waals surface area contributed by atoms with Crippen LogP contribution in [0.5, 0.6) is 0 Å². The average Bonchev–Trinajstić information content (AvgIpc) is 2.54. The van der Waals surface area contributed by atoms with E-state index < -0.39 is 10.0 Å². The van der Waals surface area contributed by atoms with Crippen LogP contribution in [0.25, 0.3) is 0 Å². The van der Waals surface area contributed by atoms with E-state index in [1.165, 1.54) is 11.7 Å². The standard InChI is InChI=1S/C7H12BrN5O2S/c1-13-7(6(8)11-12-13)16(14,15)10-5-3-2-4-9/h2-3,10H,4-5,9H2,1H3/b3-2+. The van der Waals surface area contributed by atoms with Gasteiger partial charge in [-0.25, -0.2) is 17.8 Å². The molecular formula is C7H12BrN5O2S. The number of halogens is 1. The predicted molar refractivity (Wildman–Crippen MR) is 62.1 cm³/mol. The second-order valence-electron chi connectivity index (χ2n) is 2.87. The molecule has 16 heavy (non-hydrogen) atoms. The van der Waals surface area contributed by atoms with Gasteiger partial charge in [0, 0.05) is 20.1 Å². The molecule has 0 saturated carbocycles. The molecule has 0 amide bonds. The van der Waals surface area contributed by atoms with Crippen LogP contribution < -0.4 is 10.5 Å². The van der Waals surface area contributed by atoms with Crippen LogP contribution in [0.4, 0.5) is 0 Å². The lowest BCUT2D eigenvalue weighted by Gasteiger charge is -2.03. The van der Waals surface area contributed by atoms with Gasteiger partial charge in [0.2, 0.25) is 5.03 Å². The van der Waals surface area contributed by atoms with Gasteiger partial charge in [0.25, 0.3) is 10.0 Å². The van der Waals surface area contributed by atoms with Crippen LogP contribution in [0.15, 0.2) is 21.8 Å². The third-order valence-electron chi connectivity index (χ3n) is 1.69. The van der Waals surface area contributed by atoms with Crippen molar-refractivity contribution in [3.05, 3.63) is 16.8 Å². The molecule has 0 aliphatic heterocycles. The zero-order valence-electron chi connectivity index (χ0n) is 8.59. The third kappa shape index (κ3) is 3.11. The quantitative estimate of drug-likeness (QED) is 0.705. The SMILES string of the molecule is Cn1nnc(Br)c1S(=O)(=O)NC/C=C/CN. The lowest BCUT2D eigenvalue weighted by molar-refractivity contribution is 0.564. The molecule has 3 N–H and O–H groups in total. The van der Waals surface area contributed by atoms with Crippen molar-refractivity contribution in [3.8, 4) is 0 Å². The Labute approximate surface area is 102 Å². The summed E-state index contributed by atoms with van der Waals surface area (Å²) >= 11 is 3.02. The van der Waals surface area contributed by atoms with Crippen molar-refractivity contribution >= 4 is 26.0 Å². The van der Waals surface area contributed by atoms with E-state index in [9.17, 15) is 8.42 Å². The summed E-state index contributed by atoms with van der Waals surface area (Å²) in [6, 6.07) is 0. The molecule has 1 aromatic rings. The first-order valence-corrected chi connectivity index (χ1v) is 6.66. The topological polar surface area (TPSA) is 103 Å². The van der Waals surface area contributed by atoms with Gasteiger partial charge in [0.1, 0.15) is 0 Å². The lowest BCUT2D eigenvalue weighted by Crippen LogP contribution is -2.26. The Morgan fingerprint density at radius 1 is 1.56 bits per heavy atom. The summed E-state index contributed by atoms with van der Waals surface area (Å²) in [5.41, 5.74) is 5.23. The highest BCUT2D eigenvalue weighted by molar-refractivity contribution is 9.10. The normalized spacial score (nSPS) is 12.4. The van der Waals surface area contributed by atoms with Crippen molar-refractivity contribution in [2.24, 2.45) is 12.8 Å². The fourth-order valence-electron chi connectivity index (χ4n) is 1.01. The minimum absolute atomic E-state index is 0.00588. The van der Waals surface area contributed by atoms with Crippen molar-refractivity contribution in [1.29, 1.82) is 0 Å². The molecule has 7 nitrogen and oxygen atoms in total. The molecule has 1 heterocycles. The molecule has 0 atom stereocenters. The van der Waals surface area contributed by atoms with Crippen molar-refractivity contribution in [2.45, 2.75) is 5.03 Å². The van der Waals surface area contributed by atoms with E-state index in [1.807, 2.05) is 0 Å². The largest absolute Gasteiger partial charge is 0.327 e. The van der Waals surface area contributed by atoms with Gasteiger partial charge in [-0.15, -0.1) is 5.10 Å². The molecule has 0 radical (unpaired) electrons.